The van der Waals surface area contributed by atoms with E-state index in [0.717, 1.165) is 37.7 Å². The Morgan fingerprint density at radius 1 is 0.554 bits per heavy atom. The highest BCUT2D eigenvalue weighted by Gasteiger charge is 2.39. The van der Waals surface area contributed by atoms with E-state index in [4.69, 9.17) is 42.6 Å². The van der Waals surface area contributed by atoms with Gasteiger partial charge in [0.2, 0.25) is 0 Å². The van der Waals surface area contributed by atoms with E-state index < -0.39 is 67.7 Å². The third kappa shape index (κ3) is 18.0. The Bertz CT molecular complexity index is 2070. The zero-order chi connectivity index (χ0) is 47.8. The summed E-state index contributed by atoms with van der Waals surface area (Å²) >= 11 is 0. The number of hydrogen-bond acceptors (Lipinski definition) is 15. The van der Waals surface area contributed by atoms with Gasteiger partial charge in [-0.2, -0.15) is 0 Å². The van der Waals surface area contributed by atoms with Gasteiger partial charge in [-0.1, -0.05) is 82.2 Å². The summed E-state index contributed by atoms with van der Waals surface area (Å²) in [6.45, 7) is 9.11. The number of halogens is 1. The molecule has 0 N–H and O–H groups in total. The molecule has 3 aromatic carbocycles. The highest BCUT2D eigenvalue weighted by Crippen LogP contribution is 2.33. The minimum atomic E-state index is -1.73. The number of ether oxygens (including phenoxy) is 9. The molecule has 65 heavy (non-hydrogen) atoms. The quantitative estimate of drug-likeness (QED) is 0.0245. The molecular weight excluding hydrogens is 848 g/mol. The molecule has 15 nitrogen and oxygen atoms in total. The first-order valence-corrected chi connectivity index (χ1v) is 21.1. The van der Waals surface area contributed by atoms with E-state index in [-0.39, 0.29) is 55.7 Å². The molecule has 0 aromatic heterocycles. The average molecular weight is 907 g/mol. The van der Waals surface area contributed by atoms with Crippen molar-refractivity contribution in [3.05, 3.63) is 102 Å². The van der Waals surface area contributed by atoms with Gasteiger partial charge in [0.1, 0.15) is 63.2 Å². The summed E-state index contributed by atoms with van der Waals surface area (Å²) < 4.78 is 62.4. The van der Waals surface area contributed by atoms with Crippen LogP contribution in [0.2, 0.25) is 0 Å². The van der Waals surface area contributed by atoms with Crippen LogP contribution in [0.3, 0.4) is 0 Å². The van der Waals surface area contributed by atoms with E-state index in [1.165, 1.54) is 34.5 Å². The van der Waals surface area contributed by atoms with Gasteiger partial charge in [-0.15, -0.1) is 0 Å². The van der Waals surface area contributed by atoms with Crippen molar-refractivity contribution >= 4 is 35.8 Å². The summed E-state index contributed by atoms with van der Waals surface area (Å²) in [7, 11) is 2.74. The second-order valence-electron chi connectivity index (χ2n) is 15.3. The number of unbranched alkanes of at least 4 members (excludes halogenated alkanes) is 4. The zero-order valence-corrected chi connectivity index (χ0v) is 37.8. The van der Waals surface area contributed by atoms with Crippen LogP contribution in [0.1, 0.15) is 64.0 Å². The molecule has 0 heterocycles. The van der Waals surface area contributed by atoms with Crippen molar-refractivity contribution in [2.45, 2.75) is 65.9 Å². The molecule has 0 aliphatic carbocycles. The number of esters is 6. The highest BCUT2D eigenvalue weighted by atomic mass is 19.1. The van der Waals surface area contributed by atoms with Crippen molar-refractivity contribution in [1.29, 1.82) is 0 Å². The molecule has 3 aromatic rings. The van der Waals surface area contributed by atoms with Crippen molar-refractivity contribution in [3.8, 4) is 28.0 Å². The van der Waals surface area contributed by atoms with Crippen LogP contribution in [0.4, 0.5) is 4.39 Å². The van der Waals surface area contributed by atoms with Gasteiger partial charge < -0.3 is 42.6 Å². The van der Waals surface area contributed by atoms with Gasteiger partial charge in [-0.3, -0.25) is 0 Å². The molecule has 0 bridgehead atoms. The van der Waals surface area contributed by atoms with E-state index in [9.17, 15) is 28.8 Å². The van der Waals surface area contributed by atoms with Gasteiger partial charge in [-0.25, -0.2) is 33.2 Å². The fourth-order valence-corrected chi connectivity index (χ4v) is 5.98. The third-order valence-corrected chi connectivity index (χ3v) is 9.69. The number of methoxy groups -OCH3 is 2. The first kappa shape index (κ1) is 53.0. The molecule has 0 radical (unpaired) electrons. The number of carbonyl (C=O) groups is 6. The summed E-state index contributed by atoms with van der Waals surface area (Å²) in [5, 5.41) is 0. The van der Waals surface area contributed by atoms with Crippen LogP contribution < -0.4 is 4.74 Å². The summed E-state index contributed by atoms with van der Waals surface area (Å²) in [5.41, 5.74) is 2.28. The average Bonchev–Trinajstić information content (AvgIpc) is 3.30. The maximum absolute atomic E-state index is 15.6. The first-order chi connectivity index (χ1) is 31.1. The van der Waals surface area contributed by atoms with E-state index in [2.05, 4.69) is 20.1 Å². The standard InChI is InChI=1S/C49H59FO15/c1-8-9-10-11-12-13-35-14-20-41(42(50)26-35)37-17-21-40(38(27-37)28-61-43(51)33(2)3)36-15-18-39(19-16-36)62-29-49(30-63-44(52)34(4)5,31-64-47(55)45(53)59-24-22-57-6)32-65-48(56)46(54)60-25-23-58-7/h14-21,26-27H,2,4,8-13,22-25,28-32H2,1,3,5-7H3. The van der Waals surface area contributed by atoms with E-state index in [0.29, 0.717) is 27.8 Å². The van der Waals surface area contributed by atoms with E-state index in [1.54, 1.807) is 54.6 Å². The van der Waals surface area contributed by atoms with Crippen LogP contribution >= 0.6 is 0 Å². The Hall–Kier alpha value is -6.39. The SMILES string of the molecule is C=C(C)C(=O)OCc1cc(-c2ccc(CCCCCCC)cc2F)ccc1-c1ccc(OCC(COC(=O)C(=C)C)(COC(=O)C(=O)OCCOC)COC(=O)C(=O)OCCOC)cc1. The van der Waals surface area contributed by atoms with Gasteiger partial charge in [0, 0.05) is 30.9 Å². The molecule has 0 aliphatic rings. The number of carbonyl (C=O) groups excluding carboxylic acids is 6. The van der Waals surface area contributed by atoms with Gasteiger partial charge in [0.05, 0.1) is 13.2 Å². The predicted octanol–water partition coefficient (Wildman–Crippen LogP) is 7.24. The van der Waals surface area contributed by atoms with Crippen molar-refractivity contribution in [2.24, 2.45) is 5.41 Å². The molecule has 3 rings (SSSR count). The lowest BCUT2D eigenvalue weighted by Crippen LogP contribution is -2.45. The largest absolute Gasteiger partial charge is 0.493 e. The van der Waals surface area contributed by atoms with Crippen LogP contribution in [0, 0.1) is 11.2 Å². The van der Waals surface area contributed by atoms with Crippen molar-refractivity contribution < 1.29 is 75.8 Å². The number of hydrogen-bond donors (Lipinski definition) is 0. The van der Waals surface area contributed by atoms with E-state index >= 15 is 4.39 Å². The smallest absolute Gasteiger partial charge is 0.417 e. The summed E-state index contributed by atoms with van der Waals surface area (Å²) in [5.74, 6) is -7.12. The lowest BCUT2D eigenvalue weighted by atomic mass is 9.92. The maximum atomic E-state index is 15.6. The minimum absolute atomic E-state index is 0.00568. The summed E-state index contributed by atoms with van der Waals surface area (Å²) in [6, 6.07) is 17.2. The predicted molar refractivity (Wildman–Crippen MR) is 236 cm³/mol. The first-order valence-electron chi connectivity index (χ1n) is 21.1. The van der Waals surface area contributed by atoms with Crippen LogP contribution in [0.15, 0.2) is 85.0 Å². The van der Waals surface area contributed by atoms with Crippen molar-refractivity contribution in [2.75, 3.05) is 67.1 Å². The second-order valence-corrected chi connectivity index (χ2v) is 15.3. The van der Waals surface area contributed by atoms with Crippen LogP contribution in [0.5, 0.6) is 5.75 Å². The normalized spacial score (nSPS) is 10.9. The molecule has 0 amide bonds. The Kier molecular flexibility index (Phi) is 22.6. The fourth-order valence-electron chi connectivity index (χ4n) is 5.98. The lowest BCUT2D eigenvalue weighted by molar-refractivity contribution is -0.179. The Morgan fingerprint density at radius 2 is 1.06 bits per heavy atom. The Labute approximate surface area is 379 Å². The maximum Gasteiger partial charge on any atom is 0.417 e. The third-order valence-electron chi connectivity index (χ3n) is 9.69. The summed E-state index contributed by atoms with van der Waals surface area (Å²) in [6.07, 6.45) is 6.33. The minimum Gasteiger partial charge on any atom is -0.493 e. The number of rotatable bonds is 27. The topological polar surface area (TPSA) is 185 Å². The Morgan fingerprint density at radius 3 is 1.60 bits per heavy atom. The van der Waals surface area contributed by atoms with Gasteiger partial charge in [0.25, 0.3) is 0 Å². The molecule has 0 atom stereocenters. The molecule has 0 saturated heterocycles. The van der Waals surface area contributed by atoms with Crippen LogP contribution in [0.25, 0.3) is 22.3 Å². The van der Waals surface area contributed by atoms with Gasteiger partial charge in [0.15, 0.2) is 0 Å². The van der Waals surface area contributed by atoms with E-state index in [1.807, 2.05) is 6.07 Å². The molecule has 0 saturated carbocycles. The molecule has 0 unspecified atom stereocenters. The molecule has 0 aliphatic heterocycles. The molecule has 0 fully saturated rings. The molecule has 0 spiro atoms. The van der Waals surface area contributed by atoms with Crippen molar-refractivity contribution in [3.63, 3.8) is 0 Å². The molecule has 16 heteroatoms. The van der Waals surface area contributed by atoms with Crippen LogP contribution in [-0.2, 0) is 79.7 Å². The zero-order valence-electron chi connectivity index (χ0n) is 37.8. The fraction of sp³-hybridized carbons (Fsp3) is 0.429. The molecular formula is C49H59FO15. The summed E-state index contributed by atoms with van der Waals surface area (Å²) in [4.78, 5) is 75.0. The highest BCUT2D eigenvalue weighted by molar-refractivity contribution is 6.30. The monoisotopic (exact) mass is 906 g/mol. The van der Waals surface area contributed by atoms with Crippen LogP contribution in [-0.4, -0.2) is 103 Å². The second kappa shape index (κ2) is 27.7. The lowest BCUT2D eigenvalue weighted by Gasteiger charge is -2.31. The van der Waals surface area contributed by atoms with Gasteiger partial charge >= 0.3 is 35.8 Å². The number of aryl methyl sites for hydroxylation is 1. The number of benzene rings is 3. The molecule has 352 valence electrons. The van der Waals surface area contributed by atoms with Crippen molar-refractivity contribution in [1.82, 2.24) is 0 Å². The van der Waals surface area contributed by atoms with Gasteiger partial charge in [-0.05, 0) is 78.8 Å². The Balaban J connectivity index is 1.94.